The van der Waals surface area contributed by atoms with Crippen molar-refractivity contribution in [2.45, 2.75) is 32.8 Å². The van der Waals surface area contributed by atoms with Crippen LogP contribution in [0.1, 0.15) is 24.3 Å². The average Bonchev–Trinajstić information content (AvgIpc) is 3.30. The van der Waals surface area contributed by atoms with E-state index in [0.717, 1.165) is 70.9 Å². The van der Waals surface area contributed by atoms with Crippen LogP contribution >= 0.6 is 0 Å². The minimum Gasteiger partial charge on any atom is -0.496 e. The molecule has 0 saturated carbocycles. The van der Waals surface area contributed by atoms with Gasteiger partial charge in [0.25, 0.3) is 0 Å². The van der Waals surface area contributed by atoms with Gasteiger partial charge in [0, 0.05) is 24.1 Å². The third kappa shape index (κ3) is 3.19. The Balaban J connectivity index is 1.80. The van der Waals surface area contributed by atoms with E-state index in [9.17, 15) is 0 Å². The van der Waals surface area contributed by atoms with Crippen molar-refractivity contribution >= 4 is 22.3 Å². The molecule has 1 atom stereocenters. The Morgan fingerprint density at radius 3 is 2.85 bits per heavy atom. The van der Waals surface area contributed by atoms with Gasteiger partial charge in [-0.05, 0) is 38.8 Å². The Kier molecular flexibility index (Phi) is 4.61. The van der Waals surface area contributed by atoms with Gasteiger partial charge in [-0.1, -0.05) is 5.16 Å². The van der Waals surface area contributed by atoms with Gasteiger partial charge in [-0.25, -0.2) is 0 Å². The van der Waals surface area contributed by atoms with Crippen LogP contribution in [0.25, 0.3) is 22.0 Å². The summed E-state index contributed by atoms with van der Waals surface area (Å²) in [6.45, 7) is 5.36. The first-order valence-electron chi connectivity index (χ1n) is 9.13. The largest absolute Gasteiger partial charge is 0.496 e. The summed E-state index contributed by atoms with van der Waals surface area (Å²) in [5, 5.41) is 8.42. The van der Waals surface area contributed by atoms with Crippen LogP contribution in [0.4, 0.5) is 11.4 Å². The number of nitrogens with one attached hydrogen (secondary N) is 1. The second-order valence-electron chi connectivity index (χ2n) is 6.87. The number of pyridine rings is 1. The zero-order valence-corrected chi connectivity index (χ0v) is 15.8. The number of hydrogen-bond acceptors (Lipinski definition) is 7. The maximum atomic E-state index is 6.21. The Hall–Kier alpha value is -2.80. The third-order valence-electron chi connectivity index (χ3n) is 5.05. The minimum atomic E-state index is 0.219. The van der Waals surface area contributed by atoms with E-state index in [1.165, 1.54) is 0 Å². The molecule has 27 heavy (non-hydrogen) atoms. The quantitative estimate of drug-likeness (QED) is 0.709. The lowest BCUT2D eigenvalue weighted by Crippen LogP contribution is -2.19. The average molecular weight is 368 g/mol. The van der Waals surface area contributed by atoms with Crippen LogP contribution in [-0.4, -0.2) is 36.5 Å². The van der Waals surface area contributed by atoms with Crippen LogP contribution < -0.4 is 15.8 Å². The molecule has 142 valence electrons. The predicted octanol–water partition coefficient (Wildman–Crippen LogP) is 3.69. The second-order valence-corrected chi connectivity index (χ2v) is 6.87. The summed E-state index contributed by atoms with van der Waals surface area (Å²) in [7, 11) is 1.65. The van der Waals surface area contributed by atoms with E-state index >= 15 is 0 Å². The number of hydrogen-bond donors (Lipinski definition) is 2. The number of anilines is 2. The first-order valence-corrected chi connectivity index (χ1v) is 9.13. The van der Waals surface area contributed by atoms with E-state index in [2.05, 4.69) is 15.5 Å². The lowest BCUT2D eigenvalue weighted by molar-refractivity contribution is 0.120. The highest BCUT2D eigenvalue weighted by molar-refractivity contribution is 6.00. The maximum absolute atomic E-state index is 6.21. The molecule has 7 nitrogen and oxygen atoms in total. The maximum Gasteiger partial charge on any atom is 0.141 e. The van der Waals surface area contributed by atoms with Crippen molar-refractivity contribution in [1.29, 1.82) is 0 Å². The predicted molar refractivity (Wildman–Crippen MR) is 105 cm³/mol. The number of rotatable bonds is 5. The Morgan fingerprint density at radius 1 is 1.33 bits per heavy atom. The van der Waals surface area contributed by atoms with Crippen molar-refractivity contribution in [1.82, 2.24) is 10.1 Å². The minimum absolute atomic E-state index is 0.219. The molecule has 0 aliphatic carbocycles. The van der Waals surface area contributed by atoms with Gasteiger partial charge in [0.15, 0.2) is 0 Å². The molecule has 0 spiro atoms. The zero-order chi connectivity index (χ0) is 19.0. The van der Waals surface area contributed by atoms with Crippen LogP contribution in [0, 0.1) is 13.8 Å². The normalized spacial score (nSPS) is 16.8. The fourth-order valence-electron chi connectivity index (χ4n) is 3.68. The van der Waals surface area contributed by atoms with Crippen LogP contribution in [0.3, 0.4) is 0 Å². The smallest absolute Gasteiger partial charge is 0.141 e. The van der Waals surface area contributed by atoms with E-state index in [4.69, 9.17) is 19.7 Å². The monoisotopic (exact) mass is 368 g/mol. The van der Waals surface area contributed by atoms with E-state index < -0.39 is 0 Å². The van der Waals surface area contributed by atoms with E-state index in [1.54, 1.807) is 13.3 Å². The third-order valence-corrected chi connectivity index (χ3v) is 5.05. The Labute approximate surface area is 157 Å². The molecule has 0 radical (unpaired) electrons. The molecular weight excluding hydrogens is 344 g/mol. The number of aryl methyl sites for hydroxylation is 2. The van der Waals surface area contributed by atoms with Crippen LogP contribution in [0.15, 0.2) is 22.9 Å². The summed E-state index contributed by atoms with van der Waals surface area (Å²) in [6.07, 6.45) is 4.07. The summed E-state index contributed by atoms with van der Waals surface area (Å²) < 4.78 is 16.7. The molecule has 0 amide bonds. The van der Waals surface area contributed by atoms with Crippen molar-refractivity contribution in [3.05, 3.63) is 29.8 Å². The van der Waals surface area contributed by atoms with Gasteiger partial charge in [-0.3, -0.25) is 4.98 Å². The SMILES string of the molecule is COc1cc2c(NCC3CCCO3)c(N)cnc2cc1-c1c(C)noc1C. The molecule has 1 aromatic carbocycles. The van der Waals surface area contributed by atoms with Gasteiger partial charge in [0.2, 0.25) is 0 Å². The summed E-state index contributed by atoms with van der Waals surface area (Å²) in [4.78, 5) is 4.52. The first-order chi connectivity index (χ1) is 13.1. The highest BCUT2D eigenvalue weighted by atomic mass is 16.5. The molecule has 3 N–H and O–H groups in total. The van der Waals surface area contributed by atoms with Gasteiger partial charge >= 0.3 is 0 Å². The zero-order valence-electron chi connectivity index (χ0n) is 15.8. The number of nitrogens with two attached hydrogens (primary N) is 1. The van der Waals surface area contributed by atoms with E-state index in [1.807, 2.05) is 26.0 Å². The molecule has 1 fully saturated rings. The van der Waals surface area contributed by atoms with Crippen molar-refractivity contribution in [3.8, 4) is 16.9 Å². The first kappa shape index (κ1) is 17.6. The molecule has 1 saturated heterocycles. The standard InChI is InChI=1S/C20H24N4O3/c1-11-19(12(2)27-24-11)15-7-17-14(8-18(15)25-3)20(16(21)10-22-17)23-9-13-5-4-6-26-13/h7-8,10,13H,4-6,9,21H2,1-3H3,(H,22,23). The molecule has 3 heterocycles. The van der Waals surface area contributed by atoms with Crippen molar-refractivity contribution in [2.75, 3.05) is 31.3 Å². The number of aromatic nitrogens is 2. The highest BCUT2D eigenvalue weighted by Crippen LogP contribution is 2.40. The summed E-state index contributed by atoms with van der Waals surface area (Å²) in [5.41, 5.74) is 11.2. The lowest BCUT2D eigenvalue weighted by Gasteiger charge is -2.17. The molecule has 2 aromatic heterocycles. The fourth-order valence-corrected chi connectivity index (χ4v) is 3.68. The van der Waals surface area contributed by atoms with Gasteiger partial charge in [0.1, 0.15) is 11.5 Å². The molecule has 1 aliphatic heterocycles. The summed E-state index contributed by atoms with van der Waals surface area (Å²) in [5.74, 6) is 1.47. The molecule has 1 unspecified atom stereocenters. The highest BCUT2D eigenvalue weighted by Gasteiger charge is 2.20. The second kappa shape index (κ2) is 7.08. The van der Waals surface area contributed by atoms with Crippen LogP contribution in [0.5, 0.6) is 5.75 Å². The van der Waals surface area contributed by atoms with Gasteiger partial charge < -0.3 is 25.0 Å². The lowest BCUT2D eigenvalue weighted by atomic mass is 10.00. The Bertz CT molecular complexity index is 958. The van der Waals surface area contributed by atoms with Crippen molar-refractivity contribution in [2.24, 2.45) is 0 Å². The van der Waals surface area contributed by atoms with Crippen molar-refractivity contribution < 1.29 is 14.0 Å². The molecule has 3 aromatic rings. The van der Waals surface area contributed by atoms with E-state index in [0.29, 0.717) is 5.69 Å². The van der Waals surface area contributed by atoms with Crippen LogP contribution in [0.2, 0.25) is 0 Å². The number of fused-ring (bicyclic) bond motifs is 1. The topological polar surface area (TPSA) is 95.4 Å². The van der Waals surface area contributed by atoms with Crippen LogP contribution in [-0.2, 0) is 4.74 Å². The number of ether oxygens (including phenoxy) is 2. The number of benzene rings is 1. The van der Waals surface area contributed by atoms with Crippen molar-refractivity contribution in [3.63, 3.8) is 0 Å². The summed E-state index contributed by atoms with van der Waals surface area (Å²) >= 11 is 0. The number of nitrogen functional groups attached to an aromatic ring is 1. The number of nitrogens with zero attached hydrogens (tertiary/aromatic N) is 2. The van der Waals surface area contributed by atoms with Gasteiger partial charge in [-0.15, -0.1) is 0 Å². The Morgan fingerprint density at radius 2 is 2.19 bits per heavy atom. The molecular formula is C20H24N4O3. The summed E-state index contributed by atoms with van der Waals surface area (Å²) in [6, 6.07) is 3.97. The molecule has 0 bridgehead atoms. The molecule has 4 rings (SSSR count). The number of methoxy groups -OCH3 is 1. The fraction of sp³-hybridized carbons (Fsp3) is 0.400. The molecule has 1 aliphatic rings. The molecule has 7 heteroatoms. The van der Waals surface area contributed by atoms with Gasteiger partial charge in [-0.2, -0.15) is 0 Å². The van der Waals surface area contributed by atoms with Gasteiger partial charge in [0.05, 0.1) is 47.6 Å². The van der Waals surface area contributed by atoms with E-state index in [-0.39, 0.29) is 6.10 Å².